The fourth-order valence-corrected chi connectivity index (χ4v) is 1.69. The maximum atomic E-state index is 11.7. The van der Waals surface area contributed by atoms with E-state index in [4.69, 9.17) is 4.74 Å². The minimum atomic E-state index is -0.0916. The van der Waals surface area contributed by atoms with Crippen LogP contribution >= 0.6 is 0 Å². The van der Waals surface area contributed by atoms with Gasteiger partial charge in [0.15, 0.2) is 0 Å². The molecule has 1 aromatic carbocycles. The average Bonchev–Trinajstić information content (AvgIpc) is 2.49. The summed E-state index contributed by atoms with van der Waals surface area (Å²) in [7, 11) is 1.61. The van der Waals surface area contributed by atoms with Crippen molar-refractivity contribution in [2.45, 2.75) is 6.54 Å². The molecular formula is C15H17N3O2. The molecule has 0 spiro atoms. The number of pyridine rings is 1. The van der Waals surface area contributed by atoms with Gasteiger partial charge in [0.2, 0.25) is 5.91 Å². The normalized spacial score (nSPS) is 10.1. The summed E-state index contributed by atoms with van der Waals surface area (Å²) >= 11 is 0. The summed E-state index contributed by atoms with van der Waals surface area (Å²) in [6.45, 7) is 0.805. The Labute approximate surface area is 118 Å². The Balaban J connectivity index is 1.74. The third-order valence-corrected chi connectivity index (χ3v) is 2.69. The molecule has 1 heterocycles. The molecule has 104 valence electrons. The first kappa shape index (κ1) is 14.0. The maximum Gasteiger partial charge on any atom is 0.238 e. The van der Waals surface area contributed by atoms with E-state index in [0.29, 0.717) is 6.54 Å². The van der Waals surface area contributed by atoms with Crippen LogP contribution in [-0.2, 0) is 11.3 Å². The molecule has 1 amide bonds. The summed E-state index contributed by atoms with van der Waals surface area (Å²) in [5, 5.41) is 5.85. The van der Waals surface area contributed by atoms with Gasteiger partial charge in [0.25, 0.3) is 0 Å². The van der Waals surface area contributed by atoms with Crippen LogP contribution in [0.5, 0.6) is 5.75 Å². The number of benzene rings is 1. The molecule has 0 saturated carbocycles. The molecule has 5 nitrogen and oxygen atoms in total. The lowest BCUT2D eigenvalue weighted by Crippen LogP contribution is -2.27. The highest BCUT2D eigenvalue weighted by atomic mass is 16.5. The smallest absolute Gasteiger partial charge is 0.238 e. The van der Waals surface area contributed by atoms with Gasteiger partial charge in [-0.05, 0) is 36.4 Å². The molecule has 0 aliphatic rings. The number of carbonyl (C=O) groups excluding carboxylic acids is 1. The molecule has 5 heteroatoms. The second kappa shape index (κ2) is 7.25. The van der Waals surface area contributed by atoms with E-state index in [1.165, 1.54) is 0 Å². The van der Waals surface area contributed by atoms with Crippen LogP contribution in [0.25, 0.3) is 0 Å². The van der Waals surface area contributed by atoms with Crippen molar-refractivity contribution in [2.24, 2.45) is 0 Å². The third-order valence-electron chi connectivity index (χ3n) is 2.69. The van der Waals surface area contributed by atoms with Gasteiger partial charge < -0.3 is 15.4 Å². The van der Waals surface area contributed by atoms with Crippen LogP contribution in [0.1, 0.15) is 5.69 Å². The monoisotopic (exact) mass is 271 g/mol. The number of rotatable bonds is 6. The van der Waals surface area contributed by atoms with Gasteiger partial charge in [0.1, 0.15) is 5.75 Å². The van der Waals surface area contributed by atoms with Crippen molar-refractivity contribution >= 4 is 11.6 Å². The number of aromatic nitrogens is 1. The summed E-state index contributed by atoms with van der Waals surface area (Å²) in [6.07, 6.45) is 1.73. The van der Waals surface area contributed by atoms with Crippen LogP contribution in [0.4, 0.5) is 5.69 Å². The van der Waals surface area contributed by atoms with E-state index in [0.717, 1.165) is 17.1 Å². The van der Waals surface area contributed by atoms with Crippen LogP contribution in [0.2, 0.25) is 0 Å². The molecule has 0 unspecified atom stereocenters. The highest BCUT2D eigenvalue weighted by molar-refractivity contribution is 5.92. The first-order valence-corrected chi connectivity index (χ1v) is 6.32. The van der Waals surface area contributed by atoms with E-state index in [9.17, 15) is 4.79 Å². The SMILES string of the molecule is COc1ccc(NC(=O)CNCc2ccccn2)cc1. The van der Waals surface area contributed by atoms with Crippen LogP contribution in [-0.4, -0.2) is 24.5 Å². The quantitative estimate of drug-likeness (QED) is 0.841. The zero-order valence-corrected chi connectivity index (χ0v) is 11.3. The molecule has 2 rings (SSSR count). The van der Waals surface area contributed by atoms with Gasteiger partial charge in [-0.15, -0.1) is 0 Å². The number of anilines is 1. The Kier molecular flexibility index (Phi) is 5.08. The van der Waals surface area contributed by atoms with Crippen LogP contribution in [0.15, 0.2) is 48.7 Å². The fraction of sp³-hybridized carbons (Fsp3) is 0.200. The van der Waals surface area contributed by atoms with Crippen LogP contribution < -0.4 is 15.4 Å². The number of methoxy groups -OCH3 is 1. The van der Waals surface area contributed by atoms with Crippen molar-refractivity contribution in [1.29, 1.82) is 0 Å². The Bertz CT molecular complexity index is 541. The van der Waals surface area contributed by atoms with Gasteiger partial charge in [-0.2, -0.15) is 0 Å². The van der Waals surface area contributed by atoms with Gasteiger partial charge in [0.05, 0.1) is 19.3 Å². The Morgan fingerprint density at radius 2 is 2.00 bits per heavy atom. The lowest BCUT2D eigenvalue weighted by Gasteiger charge is -2.07. The summed E-state index contributed by atoms with van der Waals surface area (Å²) < 4.78 is 5.06. The van der Waals surface area contributed by atoms with E-state index < -0.39 is 0 Å². The van der Waals surface area contributed by atoms with Gasteiger partial charge >= 0.3 is 0 Å². The summed E-state index contributed by atoms with van der Waals surface area (Å²) in [4.78, 5) is 15.9. The largest absolute Gasteiger partial charge is 0.497 e. The molecule has 2 aromatic rings. The maximum absolute atomic E-state index is 11.7. The van der Waals surface area contributed by atoms with E-state index in [1.54, 1.807) is 37.6 Å². The minimum absolute atomic E-state index is 0.0916. The van der Waals surface area contributed by atoms with Gasteiger partial charge in [-0.1, -0.05) is 6.07 Å². The zero-order valence-electron chi connectivity index (χ0n) is 11.3. The number of carbonyl (C=O) groups is 1. The first-order valence-electron chi connectivity index (χ1n) is 6.32. The topological polar surface area (TPSA) is 63.2 Å². The number of ether oxygens (including phenoxy) is 1. The fourth-order valence-electron chi connectivity index (χ4n) is 1.69. The highest BCUT2D eigenvalue weighted by Crippen LogP contribution is 2.14. The van der Waals surface area contributed by atoms with Gasteiger partial charge in [-0.25, -0.2) is 0 Å². The van der Waals surface area contributed by atoms with Crippen molar-refractivity contribution in [2.75, 3.05) is 19.0 Å². The van der Waals surface area contributed by atoms with E-state index in [-0.39, 0.29) is 12.5 Å². The second-order valence-corrected chi connectivity index (χ2v) is 4.20. The molecule has 20 heavy (non-hydrogen) atoms. The molecule has 0 aliphatic carbocycles. The first-order chi connectivity index (χ1) is 9.78. The molecule has 0 fully saturated rings. The van der Waals surface area contributed by atoms with Crippen molar-refractivity contribution in [1.82, 2.24) is 10.3 Å². The van der Waals surface area contributed by atoms with Gasteiger partial charge in [0, 0.05) is 18.4 Å². The lowest BCUT2D eigenvalue weighted by molar-refractivity contribution is -0.115. The number of nitrogens with one attached hydrogen (secondary N) is 2. The van der Waals surface area contributed by atoms with Crippen molar-refractivity contribution < 1.29 is 9.53 Å². The minimum Gasteiger partial charge on any atom is -0.497 e. The van der Waals surface area contributed by atoms with Crippen molar-refractivity contribution in [3.63, 3.8) is 0 Å². The second-order valence-electron chi connectivity index (χ2n) is 4.20. The molecule has 0 saturated heterocycles. The summed E-state index contributed by atoms with van der Waals surface area (Å²) in [5.74, 6) is 0.669. The predicted molar refractivity (Wildman–Crippen MR) is 77.6 cm³/mol. The predicted octanol–water partition coefficient (Wildman–Crippen LogP) is 1.82. The Morgan fingerprint density at radius 3 is 2.65 bits per heavy atom. The van der Waals surface area contributed by atoms with E-state index >= 15 is 0 Å². The standard InChI is InChI=1S/C15H17N3O2/c1-20-14-7-5-12(6-8-14)18-15(19)11-16-10-13-4-2-3-9-17-13/h2-9,16H,10-11H2,1H3,(H,18,19). The molecular weight excluding hydrogens is 254 g/mol. The molecule has 0 bridgehead atoms. The molecule has 0 radical (unpaired) electrons. The number of amides is 1. The number of hydrogen-bond donors (Lipinski definition) is 2. The van der Waals surface area contributed by atoms with Crippen LogP contribution in [0.3, 0.4) is 0 Å². The number of nitrogens with zero attached hydrogens (tertiary/aromatic N) is 1. The van der Waals surface area contributed by atoms with Crippen molar-refractivity contribution in [3.05, 3.63) is 54.4 Å². The van der Waals surface area contributed by atoms with Crippen molar-refractivity contribution in [3.8, 4) is 5.75 Å². The lowest BCUT2D eigenvalue weighted by atomic mass is 10.3. The van der Waals surface area contributed by atoms with Crippen LogP contribution in [0, 0.1) is 0 Å². The molecule has 0 aliphatic heterocycles. The molecule has 0 atom stereocenters. The third kappa shape index (κ3) is 4.37. The van der Waals surface area contributed by atoms with Gasteiger partial charge in [-0.3, -0.25) is 9.78 Å². The summed E-state index contributed by atoms with van der Waals surface area (Å²) in [6, 6.07) is 12.9. The Hall–Kier alpha value is -2.40. The average molecular weight is 271 g/mol. The number of hydrogen-bond acceptors (Lipinski definition) is 4. The molecule has 1 aromatic heterocycles. The Morgan fingerprint density at radius 1 is 1.20 bits per heavy atom. The summed E-state index contributed by atoms with van der Waals surface area (Å²) in [5.41, 5.74) is 1.65. The zero-order chi connectivity index (χ0) is 14.2. The molecule has 2 N–H and O–H groups in total. The van der Waals surface area contributed by atoms with E-state index in [1.807, 2.05) is 18.2 Å². The van der Waals surface area contributed by atoms with E-state index in [2.05, 4.69) is 15.6 Å². The highest BCUT2D eigenvalue weighted by Gasteiger charge is 2.02.